The van der Waals surface area contributed by atoms with Crippen molar-refractivity contribution >= 4 is 23.4 Å². The van der Waals surface area contributed by atoms with Crippen LogP contribution in [-0.4, -0.2) is 60.7 Å². The standard InChI is InChI=1S/C20H30N4O3/c1-15-5-8-17(9-6-15)22-19(26)13-23(2)20(27)14-24-11-3-4-16(12-24)7-10-18(21)25/h5-6,8-9,16H,3-4,7,10-14H2,1-2H3,(H2,21,25)(H,22,26). The summed E-state index contributed by atoms with van der Waals surface area (Å²) in [5.41, 5.74) is 7.07. The summed E-state index contributed by atoms with van der Waals surface area (Å²) in [5, 5.41) is 2.80. The number of anilines is 1. The number of hydrogen-bond acceptors (Lipinski definition) is 4. The summed E-state index contributed by atoms with van der Waals surface area (Å²) in [6, 6.07) is 7.54. The van der Waals surface area contributed by atoms with Gasteiger partial charge in [0, 0.05) is 25.7 Å². The molecular weight excluding hydrogens is 344 g/mol. The first kappa shape index (κ1) is 20.9. The Morgan fingerprint density at radius 2 is 1.96 bits per heavy atom. The van der Waals surface area contributed by atoms with Crippen molar-refractivity contribution in [2.45, 2.75) is 32.6 Å². The molecule has 0 aliphatic carbocycles. The lowest BCUT2D eigenvalue weighted by Crippen LogP contribution is -2.45. The van der Waals surface area contributed by atoms with E-state index in [2.05, 4.69) is 10.2 Å². The Kier molecular flexibility index (Phi) is 7.79. The second-order valence-corrected chi connectivity index (χ2v) is 7.41. The lowest BCUT2D eigenvalue weighted by molar-refractivity contribution is -0.134. The van der Waals surface area contributed by atoms with E-state index in [0.717, 1.165) is 43.6 Å². The van der Waals surface area contributed by atoms with Gasteiger partial charge in [-0.05, 0) is 50.8 Å². The van der Waals surface area contributed by atoms with Gasteiger partial charge in [0.1, 0.15) is 0 Å². The number of carbonyl (C=O) groups excluding carboxylic acids is 3. The molecule has 1 heterocycles. The topological polar surface area (TPSA) is 95.7 Å². The number of primary amides is 1. The Hall–Kier alpha value is -2.41. The average Bonchev–Trinajstić information content (AvgIpc) is 2.62. The fourth-order valence-electron chi connectivity index (χ4n) is 3.33. The van der Waals surface area contributed by atoms with Crippen molar-refractivity contribution in [1.29, 1.82) is 0 Å². The van der Waals surface area contributed by atoms with Crippen LogP contribution in [0.3, 0.4) is 0 Å². The minimum atomic E-state index is -0.275. The number of amides is 3. The summed E-state index contributed by atoms with van der Waals surface area (Å²) < 4.78 is 0. The van der Waals surface area contributed by atoms with Crippen LogP contribution in [-0.2, 0) is 14.4 Å². The van der Waals surface area contributed by atoms with Gasteiger partial charge in [-0.2, -0.15) is 0 Å². The first-order valence-electron chi connectivity index (χ1n) is 9.44. The fourth-order valence-corrected chi connectivity index (χ4v) is 3.33. The normalized spacial score (nSPS) is 17.3. The molecule has 27 heavy (non-hydrogen) atoms. The zero-order valence-corrected chi connectivity index (χ0v) is 16.2. The number of hydrogen-bond donors (Lipinski definition) is 2. The molecule has 7 nitrogen and oxygen atoms in total. The van der Waals surface area contributed by atoms with Crippen molar-refractivity contribution in [3.8, 4) is 0 Å². The molecule has 1 aromatic carbocycles. The monoisotopic (exact) mass is 374 g/mol. The molecule has 2 rings (SSSR count). The summed E-state index contributed by atoms with van der Waals surface area (Å²) in [5.74, 6) is -0.172. The van der Waals surface area contributed by atoms with Gasteiger partial charge in [-0.15, -0.1) is 0 Å². The molecule has 1 aromatic rings. The minimum Gasteiger partial charge on any atom is -0.370 e. The predicted octanol–water partition coefficient (Wildman–Crippen LogP) is 1.37. The Morgan fingerprint density at radius 1 is 1.26 bits per heavy atom. The number of aryl methyl sites for hydroxylation is 1. The highest BCUT2D eigenvalue weighted by Crippen LogP contribution is 2.20. The quantitative estimate of drug-likeness (QED) is 0.718. The average molecular weight is 374 g/mol. The third-order valence-corrected chi connectivity index (χ3v) is 4.90. The van der Waals surface area contributed by atoms with Crippen LogP contribution >= 0.6 is 0 Å². The summed E-state index contributed by atoms with van der Waals surface area (Å²) in [7, 11) is 1.64. The van der Waals surface area contributed by atoms with Crippen LogP contribution in [0, 0.1) is 12.8 Å². The Morgan fingerprint density at radius 3 is 2.63 bits per heavy atom. The Bertz CT molecular complexity index is 660. The van der Waals surface area contributed by atoms with Crippen molar-refractivity contribution in [1.82, 2.24) is 9.80 Å². The summed E-state index contributed by atoms with van der Waals surface area (Å²) in [6.45, 7) is 3.95. The van der Waals surface area contributed by atoms with Crippen molar-refractivity contribution in [2.75, 3.05) is 38.5 Å². The van der Waals surface area contributed by atoms with Gasteiger partial charge in [-0.3, -0.25) is 19.3 Å². The maximum Gasteiger partial charge on any atom is 0.243 e. The fraction of sp³-hybridized carbons (Fsp3) is 0.550. The van der Waals surface area contributed by atoms with E-state index in [0.29, 0.717) is 18.9 Å². The third kappa shape index (κ3) is 7.38. The van der Waals surface area contributed by atoms with E-state index in [4.69, 9.17) is 5.73 Å². The molecule has 3 amide bonds. The molecule has 7 heteroatoms. The van der Waals surface area contributed by atoms with Gasteiger partial charge in [-0.25, -0.2) is 0 Å². The van der Waals surface area contributed by atoms with Crippen molar-refractivity contribution < 1.29 is 14.4 Å². The van der Waals surface area contributed by atoms with Crippen molar-refractivity contribution in [3.05, 3.63) is 29.8 Å². The molecule has 3 N–H and O–H groups in total. The van der Waals surface area contributed by atoms with Gasteiger partial charge >= 0.3 is 0 Å². The molecule has 148 valence electrons. The number of nitrogens with one attached hydrogen (secondary N) is 1. The van der Waals surface area contributed by atoms with E-state index in [1.165, 1.54) is 4.90 Å². The van der Waals surface area contributed by atoms with Crippen LogP contribution in [0.4, 0.5) is 5.69 Å². The largest absolute Gasteiger partial charge is 0.370 e. The number of nitrogens with zero attached hydrogens (tertiary/aromatic N) is 2. The molecule has 1 fully saturated rings. The van der Waals surface area contributed by atoms with Crippen molar-refractivity contribution in [3.63, 3.8) is 0 Å². The van der Waals surface area contributed by atoms with Crippen LogP contribution in [0.1, 0.15) is 31.2 Å². The number of piperidine rings is 1. The van der Waals surface area contributed by atoms with E-state index in [-0.39, 0.29) is 24.3 Å². The first-order chi connectivity index (χ1) is 12.8. The maximum atomic E-state index is 12.4. The van der Waals surface area contributed by atoms with Crippen LogP contribution in [0.5, 0.6) is 0 Å². The second kappa shape index (κ2) is 10.1. The Labute approximate surface area is 160 Å². The Balaban J connectivity index is 1.76. The van der Waals surface area contributed by atoms with Crippen LogP contribution < -0.4 is 11.1 Å². The van der Waals surface area contributed by atoms with Gasteiger partial charge in [0.05, 0.1) is 13.1 Å². The van der Waals surface area contributed by atoms with Gasteiger partial charge in [-0.1, -0.05) is 17.7 Å². The molecule has 1 aliphatic rings. The lowest BCUT2D eigenvalue weighted by atomic mass is 9.93. The van der Waals surface area contributed by atoms with Crippen LogP contribution in [0.25, 0.3) is 0 Å². The van der Waals surface area contributed by atoms with E-state index in [1.807, 2.05) is 31.2 Å². The molecule has 1 aliphatic heterocycles. The van der Waals surface area contributed by atoms with Gasteiger partial charge < -0.3 is 16.0 Å². The molecule has 0 saturated carbocycles. The van der Waals surface area contributed by atoms with Crippen LogP contribution in [0.2, 0.25) is 0 Å². The summed E-state index contributed by atoms with van der Waals surface area (Å²) >= 11 is 0. The molecule has 0 spiro atoms. The number of benzene rings is 1. The van der Waals surface area contributed by atoms with E-state index in [1.54, 1.807) is 7.05 Å². The molecule has 1 unspecified atom stereocenters. The van der Waals surface area contributed by atoms with Crippen molar-refractivity contribution in [2.24, 2.45) is 11.7 Å². The third-order valence-electron chi connectivity index (χ3n) is 4.90. The number of likely N-dealkylation sites (tertiary alicyclic amines) is 1. The minimum absolute atomic E-state index is 0.0195. The zero-order chi connectivity index (χ0) is 19.8. The summed E-state index contributed by atoms with van der Waals surface area (Å²) in [6.07, 6.45) is 3.24. The molecule has 0 aromatic heterocycles. The molecule has 0 bridgehead atoms. The highest BCUT2D eigenvalue weighted by Gasteiger charge is 2.23. The molecule has 1 saturated heterocycles. The number of likely N-dealkylation sites (N-methyl/N-ethyl adjacent to an activating group) is 1. The first-order valence-corrected chi connectivity index (χ1v) is 9.44. The molecule has 1 atom stereocenters. The number of nitrogens with two attached hydrogens (primary N) is 1. The zero-order valence-electron chi connectivity index (χ0n) is 16.2. The lowest BCUT2D eigenvalue weighted by Gasteiger charge is -2.33. The van der Waals surface area contributed by atoms with E-state index < -0.39 is 0 Å². The predicted molar refractivity (Wildman–Crippen MR) is 105 cm³/mol. The SMILES string of the molecule is Cc1ccc(NC(=O)CN(C)C(=O)CN2CCCC(CCC(N)=O)C2)cc1. The number of carbonyl (C=O) groups is 3. The van der Waals surface area contributed by atoms with Gasteiger partial charge in [0.15, 0.2) is 0 Å². The van der Waals surface area contributed by atoms with Crippen LogP contribution in [0.15, 0.2) is 24.3 Å². The maximum absolute atomic E-state index is 12.4. The van der Waals surface area contributed by atoms with Gasteiger partial charge in [0.25, 0.3) is 0 Å². The molecular formula is C20H30N4O3. The number of rotatable bonds is 8. The summed E-state index contributed by atoms with van der Waals surface area (Å²) in [4.78, 5) is 39.1. The highest BCUT2D eigenvalue weighted by atomic mass is 16.2. The van der Waals surface area contributed by atoms with E-state index >= 15 is 0 Å². The highest BCUT2D eigenvalue weighted by molar-refractivity contribution is 5.94. The second-order valence-electron chi connectivity index (χ2n) is 7.41. The van der Waals surface area contributed by atoms with Gasteiger partial charge in [0.2, 0.25) is 17.7 Å². The smallest absolute Gasteiger partial charge is 0.243 e. The van der Waals surface area contributed by atoms with E-state index in [9.17, 15) is 14.4 Å². The molecule has 0 radical (unpaired) electrons.